The molecule has 2 fully saturated rings. The number of nitrogens with zero attached hydrogens (tertiary/aromatic N) is 2. The molecular formula is C11H26N4. The van der Waals surface area contributed by atoms with Gasteiger partial charge in [0.15, 0.2) is 0 Å². The van der Waals surface area contributed by atoms with Crippen molar-refractivity contribution in [1.82, 2.24) is 20.4 Å². The largest absolute Gasteiger partial charge is 0.314 e. The van der Waals surface area contributed by atoms with E-state index in [1.54, 1.807) is 0 Å². The molecule has 2 aliphatic heterocycles. The molecule has 0 bridgehead atoms. The fourth-order valence-corrected chi connectivity index (χ4v) is 1.70. The molecule has 2 N–H and O–H groups in total. The summed E-state index contributed by atoms with van der Waals surface area (Å²) in [6.45, 7) is 10.5. The van der Waals surface area contributed by atoms with Crippen LogP contribution in [0.4, 0.5) is 0 Å². The Kier molecular flexibility index (Phi) is 6.17. The molecule has 4 heteroatoms. The van der Waals surface area contributed by atoms with Gasteiger partial charge >= 0.3 is 0 Å². The van der Waals surface area contributed by atoms with E-state index in [4.69, 9.17) is 0 Å². The highest BCUT2D eigenvalue weighted by Gasteiger charge is 2.07. The van der Waals surface area contributed by atoms with E-state index in [1.165, 1.54) is 26.2 Å². The van der Waals surface area contributed by atoms with Crippen molar-refractivity contribution >= 4 is 0 Å². The fourth-order valence-electron chi connectivity index (χ4n) is 1.70. The first-order chi connectivity index (χ1) is 7.18. The van der Waals surface area contributed by atoms with Gasteiger partial charge in [0.05, 0.1) is 0 Å². The normalized spacial score (nSPS) is 29.4. The molecule has 2 rings (SSSR count). The Morgan fingerprint density at radius 2 is 1.47 bits per heavy atom. The lowest BCUT2D eigenvalue weighted by molar-refractivity contribution is 0.181. The summed E-state index contributed by atoms with van der Waals surface area (Å²) in [4.78, 5) is 4.72. The monoisotopic (exact) mass is 214 g/mol. The summed E-state index contributed by atoms with van der Waals surface area (Å²) < 4.78 is 0. The van der Waals surface area contributed by atoms with Crippen LogP contribution in [0.25, 0.3) is 0 Å². The van der Waals surface area contributed by atoms with Gasteiger partial charge in [-0.25, -0.2) is 0 Å². The Bertz CT molecular complexity index is 139. The van der Waals surface area contributed by atoms with Gasteiger partial charge in [-0.05, 0) is 21.0 Å². The first kappa shape index (κ1) is 12.9. The van der Waals surface area contributed by atoms with Crippen LogP contribution in [0.5, 0.6) is 0 Å². The predicted molar refractivity (Wildman–Crippen MR) is 65.3 cm³/mol. The van der Waals surface area contributed by atoms with E-state index in [9.17, 15) is 0 Å². The molecule has 15 heavy (non-hydrogen) atoms. The van der Waals surface area contributed by atoms with Crippen molar-refractivity contribution in [3.8, 4) is 0 Å². The fraction of sp³-hybridized carbons (Fsp3) is 1.00. The van der Waals surface area contributed by atoms with Crippen molar-refractivity contribution in [3.63, 3.8) is 0 Å². The van der Waals surface area contributed by atoms with E-state index in [0.29, 0.717) is 6.04 Å². The van der Waals surface area contributed by atoms with Gasteiger partial charge in [-0.2, -0.15) is 0 Å². The van der Waals surface area contributed by atoms with Crippen LogP contribution in [0.2, 0.25) is 0 Å². The van der Waals surface area contributed by atoms with Crippen LogP contribution in [0.3, 0.4) is 0 Å². The minimum Gasteiger partial charge on any atom is -0.314 e. The van der Waals surface area contributed by atoms with E-state index >= 15 is 0 Å². The molecule has 2 heterocycles. The van der Waals surface area contributed by atoms with E-state index in [-0.39, 0.29) is 0 Å². The Morgan fingerprint density at radius 1 is 0.933 bits per heavy atom. The molecule has 0 aromatic heterocycles. The minimum atomic E-state index is 0.675. The SMILES string of the molecule is CC1CNCCN1.CN1CCN(C)CC1. The van der Waals surface area contributed by atoms with Gasteiger partial charge < -0.3 is 20.4 Å². The second-order valence-corrected chi connectivity index (χ2v) is 4.67. The second-order valence-electron chi connectivity index (χ2n) is 4.67. The average molecular weight is 214 g/mol. The maximum absolute atomic E-state index is 3.32. The number of hydrogen-bond acceptors (Lipinski definition) is 4. The van der Waals surface area contributed by atoms with Crippen LogP contribution in [0, 0.1) is 0 Å². The zero-order valence-corrected chi connectivity index (χ0v) is 10.4. The molecule has 2 aliphatic rings. The quantitative estimate of drug-likeness (QED) is 0.565. The molecule has 0 amide bonds. The zero-order valence-electron chi connectivity index (χ0n) is 10.4. The van der Waals surface area contributed by atoms with Crippen LogP contribution in [-0.4, -0.2) is 75.8 Å². The molecule has 0 aromatic rings. The first-order valence-electron chi connectivity index (χ1n) is 5.99. The molecular weight excluding hydrogens is 188 g/mol. The topological polar surface area (TPSA) is 30.5 Å². The molecule has 0 saturated carbocycles. The number of likely N-dealkylation sites (N-methyl/N-ethyl adjacent to an activating group) is 2. The molecule has 1 unspecified atom stereocenters. The van der Waals surface area contributed by atoms with Gasteiger partial charge in [0.2, 0.25) is 0 Å². The Hall–Kier alpha value is -0.160. The van der Waals surface area contributed by atoms with Crippen molar-refractivity contribution in [2.24, 2.45) is 0 Å². The summed E-state index contributed by atoms with van der Waals surface area (Å²) in [6, 6.07) is 0.675. The smallest absolute Gasteiger partial charge is 0.0164 e. The van der Waals surface area contributed by atoms with E-state index in [0.717, 1.165) is 19.6 Å². The van der Waals surface area contributed by atoms with Crippen molar-refractivity contribution < 1.29 is 0 Å². The number of piperazine rings is 2. The van der Waals surface area contributed by atoms with Gasteiger partial charge in [-0.1, -0.05) is 0 Å². The highest BCUT2D eigenvalue weighted by molar-refractivity contribution is 4.69. The van der Waals surface area contributed by atoms with Crippen molar-refractivity contribution in [2.75, 3.05) is 59.9 Å². The van der Waals surface area contributed by atoms with Crippen LogP contribution < -0.4 is 10.6 Å². The summed E-state index contributed by atoms with van der Waals surface area (Å²) >= 11 is 0. The lowest BCUT2D eigenvalue weighted by Gasteiger charge is -2.28. The van der Waals surface area contributed by atoms with Crippen LogP contribution >= 0.6 is 0 Å². The molecule has 90 valence electrons. The molecule has 0 radical (unpaired) electrons. The van der Waals surface area contributed by atoms with E-state index < -0.39 is 0 Å². The number of rotatable bonds is 0. The first-order valence-corrected chi connectivity index (χ1v) is 5.99. The van der Waals surface area contributed by atoms with E-state index in [1.807, 2.05) is 0 Å². The van der Waals surface area contributed by atoms with Crippen LogP contribution in [0.1, 0.15) is 6.92 Å². The van der Waals surface area contributed by atoms with Gasteiger partial charge in [0.1, 0.15) is 0 Å². The number of nitrogens with one attached hydrogen (secondary N) is 2. The van der Waals surface area contributed by atoms with Gasteiger partial charge in [-0.3, -0.25) is 0 Å². The Morgan fingerprint density at radius 3 is 1.73 bits per heavy atom. The third-order valence-corrected chi connectivity index (χ3v) is 2.97. The van der Waals surface area contributed by atoms with Gasteiger partial charge in [0, 0.05) is 51.9 Å². The summed E-state index contributed by atoms with van der Waals surface area (Å²) in [5.41, 5.74) is 0. The standard InChI is InChI=1S/C6H14N2.C5H12N2/c1-7-3-5-8(2)6-4-7;1-5-4-6-2-3-7-5/h3-6H2,1-2H3;5-7H,2-4H2,1H3. The van der Waals surface area contributed by atoms with Crippen molar-refractivity contribution in [3.05, 3.63) is 0 Å². The lowest BCUT2D eigenvalue weighted by atomic mass is 10.3. The molecule has 0 spiro atoms. The third kappa shape index (κ3) is 6.10. The van der Waals surface area contributed by atoms with Crippen LogP contribution in [0.15, 0.2) is 0 Å². The maximum Gasteiger partial charge on any atom is 0.0164 e. The highest BCUT2D eigenvalue weighted by atomic mass is 15.2. The number of hydrogen-bond donors (Lipinski definition) is 2. The molecule has 2 saturated heterocycles. The molecule has 0 aliphatic carbocycles. The molecule has 1 atom stereocenters. The highest BCUT2D eigenvalue weighted by Crippen LogP contribution is 1.93. The summed E-state index contributed by atoms with van der Waals surface area (Å²) in [7, 11) is 4.35. The Labute approximate surface area is 94.0 Å². The second kappa shape index (κ2) is 7.17. The predicted octanol–water partition coefficient (Wildman–Crippen LogP) is -0.569. The Balaban J connectivity index is 0.000000151. The van der Waals surface area contributed by atoms with Crippen LogP contribution in [-0.2, 0) is 0 Å². The maximum atomic E-state index is 3.32. The van der Waals surface area contributed by atoms with Crippen molar-refractivity contribution in [1.29, 1.82) is 0 Å². The summed E-state index contributed by atoms with van der Waals surface area (Å²) in [5, 5.41) is 6.59. The third-order valence-electron chi connectivity index (χ3n) is 2.97. The van der Waals surface area contributed by atoms with Crippen molar-refractivity contribution in [2.45, 2.75) is 13.0 Å². The minimum absolute atomic E-state index is 0.675. The van der Waals surface area contributed by atoms with E-state index in [2.05, 4.69) is 41.5 Å². The molecule has 4 nitrogen and oxygen atoms in total. The summed E-state index contributed by atoms with van der Waals surface area (Å²) in [6.07, 6.45) is 0. The average Bonchev–Trinajstić information content (AvgIpc) is 2.25. The lowest BCUT2D eigenvalue weighted by Crippen LogP contribution is -2.46. The summed E-state index contributed by atoms with van der Waals surface area (Å²) in [5.74, 6) is 0. The van der Waals surface area contributed by atoms with Gasteiger partial charge in [0.25, 0.3) is 0 Å². The molecule has 0 aromatic carbocycles. The zero-order chi connectivity index (χ0) is 11.1. The van der Waals surface area contributed by atoms with Gasteiger partial charge in [-0.15, -0.1) is 0 Å².